The van der Waals surface area contributed by atoms with E-state index < -0.39 is 0 Å². The van der Waals surface area contributed by atoms with E-state index in [1.807, 2.05) is 18.2 Å². The summed E-state index contributed by atoms with van der Waals surface area (Å²) in [5, 5.41) is 6.72. The van der Waals surface area contributed by atoms with Gasteiger partial charge in [-0.25, -0.2) is 4.98 Å². The summed E-state index contributed by atoms with van der Waals surface area (Å²) < 4.78 is 5.14. The molecule has 0 aliphatic carbocycles. The predicted molar refractivity (Wildman–Crippen MR) is 114 cm³/mol. The molecule has 25 heavy (non-hydrogen) atoms. The lowest BCUT2D eigenvalue weighted by Crippen LogP contribution is -2.43. The van der Waals surface area contributed by atoms with Crippen molar-refractivity contribution in [3.63, 3.8) is 0 Å². The van der Waals surface area contributed by atoms with E-state index in [1.165, 1.54) is 5.56 Å². The number of halogens is 1. The fraction of sp³-hybridized carbons (Fsp3) is 0.368. The highest BCUT2D eigenvalue weighted by Gasteiger charge is 2.20. The number of rotatable bonds is 6. The maximum Gasteiger partial charge on any atom is 0.213 e. The van der Waals surface area contributed by atoms with E-state index in [1.54, 1.807) is 20.4 Å². The summed E-state index contributed by atoms with van der Waals surface area (Å²) in [7, 11) is 3.39. The molecule has 5 nitrogen and oxygen atoms in total. The van der Waals surface area contributed by atoms with E-state index in [-0.39, 0.29) is 29.4 Å². The number of ether oxygens (including phenoxy) is 1. The molecule has 0 fully saturated rings. The molecular formula is C19H27IN4O. The van der Waals surface area contributed by atoms with Crippen LogP contribution in [0.4, 0.5) is 0 Å². The molecule has 0 aliphatic heterocycles. The van der Waals surface area contributed by atoms with Crippen LogP contribution in [0.3, 0.4) is 0 Å². The number of methoxy groups -OCH3 is 1. The Morgan fingerprint density at radius 3 is 2.52 bits per heavy atom. The first kappa shape index (κ1) is 21.2. The van der Waals surface area contributed by atoms with E-state index >= 15 is 0 Å². The van der Waals surface area contributed by atoms with Crippen molar-refractivity contribution in [1.82, 2.24) is 15.6 Å². The molecule has 0 radical (unpaired) electrons. The monoisotopic (exact) mass is 454 g/mol. The Bertz CT molecular complexity index is 674. The van der Waals surface area contributed by atoms with E-state index in [2.05, 4.69) is 58.7 Å². The number of pyridine rings is 1. The summed E-state index contributed by atoms with van der Waals surface area (Å²) in [6.45, 7) is 5.88. The number of aromatic nitrogens is 1. The van der Waals surface area contributed by atoms with Crippen molar-refractivity contribution in [2.24, 2.45) is 4.99 Å². The first-order chi connectivity index (χ1) is 11.5. The average molecular weight is 454 g/mol. The van der Waals surface area contributed by atoms with E-state index in [0.29, 0.717) is 12.4 Å². The number of benzene rings is 1. The number of hydrogen-bond acceptors (Lipinski definition) is 3. The minimum atomic E-state index is 0. The molecule has 2 aromatic rings. The van der Waals surface area contributed by atoms with E-state index in [0.717, 1.165) is 18.1 Å². The van der Waals surface area contributed by atoms with E-state index in [9.17, 15) is 0 Å². The van der Waals surface area contributed by atoms with Crippen molar-refractivity contribution in [3.05, 3.63) is 59.8 Å². The highest BCUT2D eigenvalue weighted by Crippen LogP contribution is 2.21. The summed E-state index contributed by atoms with van der Waals surface area (Å²) in [5.41, 5.74) is 2.40. The van der Waals surface area contributed by atoms with Crippen LogP contribution in [0.1, 0.15) is 25.0 Å². The number of nitrogens with one attached hydrogen (secondary N) is 2. The Morgan fingerprint density at radius 1 is 1.16 bits per heavy atom. The third kappa shape index (κ3) is 6.53. The molecule has 0 saturated carbocycles. The molecule has 0 aliphatic rings. The van der Waals surface area contributed by atoms with Crippen molar-refractivity contribution >= 4 is 29.9 Å². The summed E-state index contributed by atoms with van der Waals surface area (Å²) in [6, 6.07) is 14.4. The van der Waals surface area contributed by atoms with Gasteiger partial charge in [-0.15, -0.1) is 24.0 Å². The molecule has 0 unspecified atom stereocenters. The molecule has 2 rings (SSSR count). The molecule has 0 spiro atoms. The van der Waals surface area contributed by atoms with Gasteiger partial charge in [-0.2, -0.15) is 0 Å². The minimum absolute atomic E-state index is 0. The zero-order valence-corrected chi connectivity index (χ0v) is 17.6. The molecule has 1 heterocycles. The topological polar surface area (TPSA) is 58.5 Å². The largest absolute Gasteiger partial charge is 0.481 e. The third-order valence-electron chi connectivity index (χ3n) is 3.94. The number of nitrogens with zero attached hydrogens (tertiary/aromatic N) is 2. The Balaban J connectivity index is 0.00000312. The minimum Gasteiger partial charge on any atom is -0.481 e. The van der Waals surface area contributed by atoms with Crippen LogP contribution < -0.4 is 15.4 Å². The van der Waals surface area contributed by atoms with Crippen molar-refractivity contribution in [3.8, 4) is 5.88 Å². The van der Waals surface area contributed by atoms with Gasteiger partial charge in [0.2, 0.25) is 5.88 Å². The first-order valence-electron chi connectivity index (χ1n) is 8.04. The lowest BCUT2D eigenvalue weighted by atomic mass is 9.85. The Labute approximate surface area is 167 Å². The van der Waals surface area contributed by atoms with Gasteiger partial charge < -0.3 is 15.4 Å². The van der Waals surface area contributed by atoms with Crippen LogP contribution in [-0.2, 0) is 12.0 Å². The summed E-state index contributed by atoms with van der Waals surface area (Å²) >= 11 is 0. The lowest BCUT2D eigenvalue weighted by molar-refractivity contribution is 0.397. The van der Waals surface area contributed by atoms with Crippen LogP contribution in [0.5, 0.6) is 5.88 Å². The third-order valence-corrected chi connectivity index (χ3v) is 3.94. The second-order valence-electron chi connectivity index (χ2n) is 6.24. The SMILES string of the molecule is CN=C(NCc1ccnc(OC)c1)NCC(C)(C)c1ccccc1.I. The fourth-order valence-electron chi connectivity index (χ4n) is 2.37. The lowest BCUT2D eigenvalue weighted by Gasteiger charge is -2.26. The molecule has 6 heteroatoms. The van der Waals surface area contributed by atoms with Crippen LogP contribution in [0.25, 0.3) is 0 Å². The number of aliphatic imine (C=N–C) groups is 1. The second kappa shape index (κ2) is 10.2. The number of hydrogen-bond donors (Lipinski definition) is 2. The van der Waals surface area contributed by atoms with Crippen LogP contribution >= 0.6 is 24.0 Å². The molecule has 0 saturated heterocycles. The molecule has 136 valence electrons. The van der Waals surface area contributed by atoms with Crippen molar-refractivity contribution in [2.45, 2.75) is 25.8 Å². The molecule has 2 N–H and O–H groups in total. The Morgan fingerprint density at radius 2 is 1.88 bits per heavy atom. The van der Waals surface area contributed by atoms with E-state index in [4.69, 9.17) is 4.74 Å². The van der Waals surface area contributed by atoms with Gasteiger partial charge in [-0.1, -0.05) is 44.2 Å². The quantitative estimate of drug-likeness (QED) is 0.400. The molecule has 1 aromatic heterocycles. The van der Waals surface area contributed by atoms with Gasteiger partial charge in [-0.05, 0) is 17.2 Å². The zero-order valence-electron chi connectivity index (χ0n) is 15.2. The Kier molecular flexibility index (Phi) is 8.68. The van der Waals surface area contributed by atoms with Crippen molar-refractivity contribution in [1.29, 1.82) is 0 Å². The molecule has 1 aromatic carbocycles. The average Bonchev–Trinajstić information content (AvgIpc) is 2.62. The zero-order chi connectivity index (χ0) is 17.4. The Hall–Kier alpha value is -1.83. The van der Waals surface area contributed by atoms with Gasteiger partial charge in [0.25, 0.3) is 0 Å². The van der Waals surface area contributed by atoms with Crippen LogP contribution in [-0.4, -0.2) is 31.6 Å². The maximum absolute atomic E-state index is 5.14. The number of guanidine groups is 1. The van der Waals surface area contributed by atoms with Crippen molar-refractivity contribution in [2.75, 3.05) is 20.7 Å². The van der Waals surface area contributed by atoms with Gasteiger partial charge in [0, 0.05) is 37.8 Å². The van der Waals surface area contributed by atoms with Crippen molar-refractivity contribution < 1.29 is 4.74 Å². The second-order valence-corrected chi connectivity index (χ2v) is 6.24. The first-order valence-corrected chi connectivity index (χ1v) is 8.04. The van der Waals surface area contributed by atoms with Gasteiger partial charge >= 0.3 is 0 Å². The smallest absolute Gasteiger partial charge is 0.213 e. The molecule has 0 bridgehead atoms. The molecule has 0 atom stereocenters. The highest BCUT2D eigenvalue weighted by atomic mass is 127. The van der Waals surface area contributed by atoms with Gasteiger partial charge in [0.05, 0.1) is 7.11 Å². The van der Waals surface area contributed by atoms with Gasteiger partial charge in [-0.3, -0.25) is 4.99 Å². The van der Waals surface area contributed by atoms with Crippen LogP contribution in [0.15, 0.2) is 53.7 Å². The summed E-state index contributed by atoms with van der Waals surface area (Å²) in [6.07, 6.45) is 1.74. The highest BCUT2D eigenvalue weighted by molar-refractivity contribution is 14.0. The molecule has 0 amide bonds. The van der Waals surface area contributed by atoms with Gasteiger partial charge in [0.15, 0.2) is 5.96 Å². The standard InChI is InChI=1S/C19H26N4O.HI/c1-19(2,16-8-6-5-7-9-16)14-23-18(20-3)22-13-15-10-11-21-17(12-15)24-4;/h5-12H,13-14H2,1-4H3,(H2,20,22,23);1H. The normalized spacial score (nSPS) is 11.4. The molecular weight excluding hydrogens is 427 g/mol. The van der Waals surface area contributed by atoms with Gasteiger partial charge in [0.1, 0.15) is 0 Å². The summed E-state index contributed by atoms with van der Waals surface area (Å²) in [5.74, 6) is 1.39. The predicted octanol–water partition coefficient (Wildman–Crippen LogP) is 3.35. The summed E-state index contributed by atoms with van der Waals surface area (Å²) in [4.78, 5) is 8.40. The fourth-order valence-corrected chi connectivity index (χ4v) is 2.37. The van der Waals surface area contributed by atoms with Crippen LogP contribution in [0.2, 0.25) is 0 Å². The maximum atomic E-state index is 5.14. The van der Waals surface area contributed by atoms with Crippen LogP contribution in [0, 0.1) is 0 Å².